The number of hydrogen-bond donors (Lipinski definition) is 0. The molecule has 0 spiro atoms. The van der Waals surface area contributed by atoms with Gasteiger partial charge in [0.05, 0.1) is 23.2 Å². The molecule has 4 rings (SSSR count). The molecule has 2 heterocycles. The van der Waals surface area contributed by atoms with E-state index < -0.39 is 5.92 Å². The van der Waals surface area contributed by atoms with Crippen molar-refractivity contribution in [3.05, 3.63) is 81.6 Å². The van der Waals surface area contributed by atoms with Gasteiger partial charge in [-0.1, -0.05) is 29.8 Å². The fourth-order valence-electron chi connectivity index (χ4n) is 3.79. The fourth-order valence-corrected chi connectivity index (χ4v) is 4.39. The molecule has 1 aromatic heterocycles. The van der Waals surface area contributed by atoms with E-state index >= 15 is 0 Å². The Hall–Kier alpha value is -3.06. The molecule has 2 aromatic carbocycles. The lowest BCUT2D eigenvalue weighted by molar-refractivity contribution is -0.128. The van der Waals surface area contributed by atoms with Crippen molar-refractivity contribution >= 4 is 28.8 Å². The molecule has 1 atom stereocenters. The van der Waals surface area contributed by atoms with Crippen molar-refractivity contribution in [3.63, 3.8) is 0 Å². The van der Waals surface area contributed by atoms with E-state index in [4.69, 9.17) is 0 Å². The third-order valence-corrected chi connectivity index (χ3v) is 6.27. The van der Waals surface area contributed by atoms with E-state index in [-0.39, 0.29) is 30.6 Å². The summed E-state index contributed by atoms with van der Waals surface area (Å²) in [5.41, 5.74) is 3.58. The van der Waals surface area contributed by atoms with Gasteiger partial charge in [-0.25, -0.2) is 9.37 Å². The molecular formula is C24H24FN3O2S. The monoisotopic (exact) mass is 437 g/mol. The highest BCUT2D eigenvalue weighted by Gasteiger charge is 2.37. The number of halogens is 1. The molecular weight excluding hydrogens is 413 g/mol. The quantitative estimate of drug-likeness (QED) is 0.571. The zero-order valence-corrected chi connectivity index (χ0v) is 18.4. The molecule has 0 radical (unpaired) electrons. The minimum atomic E-state index is -0.442. The average molecular weight is 438 g/mol. The van der Waals surface area contributed by atoms with Gasteiger partial charge in [-0.15, -0.1) is 11.3 Å². The third-order valence-electron chi connectivity index (χ3n) is 5.45. The van der Waals surface area contributed by atoms with Crippen molar-refractivity contribution in [2.45, 2.75) is 33.4 Å². The predicted molar refractivity (Wildman–Crippen MR) is 119 cm³/mol. The molecule has 3 aromatic rings. The molecule has 0 aliphatic carbocycles. The largest absolute Gasteiger partial charge is 0.338 e. The zero-order valence-electron chi connectivity index (χ0n) is 17.5. The Morgan fingerprint density at radius 2 is 1.87 bits per heavy atom. The number of amides is 2. The lowest BCUT2D eigenvalue weighted by Gasteiger charge is -2.25. The topological polar surface area (TPSA) is 53.5 Å². The Labute approximate surface area is 185 Å². The number of rotatable bonds is 6. The molecule has 1 saturated heterocycles. The summed E-state index contributed by atoms with van der Waals surface area (Å²) in [5.74, 6) is -0.969. The SMILES string of the molecule is Cc1ccc(CN2CC(C(=O)N(Cc3csc(C)n3)c3ccc(F)cc3)CC2=O)cc1. The van der Waals surface area contributed by atoms with E-state index in [9.17, 15) is 14.0 Å². The van der Waals surface area contributed by atoms with Crippen molar-refractivity contribution in [1.29, 1.82) is 0 Å². The number of benzene rings is 2. The number of nitrogens with zero attached hydrogens (tertiary/aromatic N) is 3. The smallest absolute Gasteiger partial charge is 0.232 e. The Bertz CT molecular complexity index is 1080. The van der Waals surface area contributed by atoms with Gasteiger partial charge in [0.1, 0.15) is 5.82 Å². The molecule has 1 aliphatic rings. The first-order valence-electron chi connectivity index (χ1n) is 10.2. The van der Waals surface area contributed by atoms with Gasteiger partial charge in [-0.2, -0.15) is 0 Å². The van der Waals surface area contributed by atoms with Gasteiger partial charge in [0.2, 0.25) is 11.8 Å². The maximum atomic E-state index is 13.5. The fraction of sp³-hybridized carbons (Fsp3) is 0.292. The summed E-state index contributed by atoms with van der Waals surface area (Å²) >= 11 is 1.52. The molecule has 7 heteroatoms. The minimum Gasteiger partial charge on any atom is -0.338 e. The molecule has 2 amide bonds. The highest BCUT2D eigenvalue weighted by Crippen LogP contribution is 2.27. The van der Waals surface area contributed by atoms with Gasteiger partial charge in [-0.05, 0) is 43.7 Å². The zero-order chi connectivity index (χ0) is 22.0. The van der Waals surface area contributed by atoms with Crippen LogP contribution < -0.4 is 4.90 Å². The Morgan fingerprint density at radius 1 is 1.16 bits per heavy atom. The van der Waals surface area contributed by atoms with E-state index in [1.165, 1.54) is 23.5 Å². The summed E-state index contributed by atoms with van der Waals surface area (Å²) in [6.45, 7) is 5.09. The Kier molecular flexibility index (Phi) is 6.13. The van der Waals surface area contributed by atoms with E-state index in [0.717, 1.165) is 21.8 Å². The van der Waals surface area contributed by atoms with Crippen LogP contribution >= 0.6 is 11.3 Å². The third kappa shape index (κ3) is 4.99. The highest BCUT2D eigenvalue weighted by molar-refractivity contribution is 7.09. The summed E-state index contributed by atoms with van der Waals surface area (Å²) in [6.07, 6.45) is 0.179. The van der Waals surface area contributed by atoms with Gasteiger partial charge in [0.25, 0.3) is 0 Å². The Balaban J connectivity index is 1.52. The molecule has 1 unspecified atom stereocenters. The number of anilines is 1. The van der Waals surface area contributed by atoms with Crippen LogP contribution in [-0.2, 0) is 22.7 Å². The lowest BCUT2D eigenvalue weighted by Crippen LogP contribution is -2.37. The second kappa shape index (κ2) is 8.98. The number of hydrogen-bond acceptors (Lipinski definition) is 4. The summed E-state index contributed by atoms with van der Waals surface area (Å²) in [5, 5.41) is 2.84. The van der Waals surface area contributed by atoms with Crippen LogP contribution in [0.1, 0.15) is 28.2 Å². The standard InChI is InChI=1S/C24H24FN3O2S/c1-16-3-5-18(6-4-16)12-27-13-19(11-23(27)29)24(30)28(14-21-15-31-17(2)26-21)22-9-7-20(25)8-10-22/h3-10,15,19H,11-14H2,1-2H3. The molecule has 0 N–H and O–H groups in total. The van der Waals surface area contributed by atoms with Gasteiger partial charge in [0, 0.05) is 30.6 Å². The van der Waals surface area contributed by atoms with Gasteiger partial charge in [-0.3, -0.25) is 9.59 Å². The van der Waals surface area contributed by atoms with Crippen LogP contribution in [0, 0.1) is 25.6 Å². The second-order valence-electron chi connectivity index (χ2n) is 7.92. The van der Waals surface area contributed by atoms with Crippen LogP contribution in [-0.4, -0.2) is 28.2 Å². The molecule has 5 nitrogen and oxygen atoms in total. The molecule has 0 saturated carbocycles. The molecule has 31 heavy (non-hydrogen) atoms. The van der Waals surface area contributed by atoms with Crippen LogP contribution in [0.25, 0.3) is 0 Å². The van der Waals surface area contributed by atoms with Crippen LogP contribution in [0.5, 0.6) is 0 Å². The first-order valence-corrected chi connectivity index (χ1v) is 11.1. The predicted octanol–water partition coefficient (Wildman–Crippen LogP) is 4.48. The van der Waals surface area contributed by atoms with Crippen molar-refractivity contribution in [2.75, 3.05) is 11.4 Å². The van der Waals surface area contributed by atoms with Gasteiger partial charge in [0.15, 0.2) is 0 Å². The van der Waals surface area contributed by atoms with E-state index in [1.54, 1.807) is 21.9 Å². The summed E-state index contributed by atoms with van der Waals surface area (Å²) in [7, 11) is 0. The van der Waals surface area contributed by atoms with E-state index in [1.807, 2.05) is 43.5 Å². The average Bonchev–Trinajstić information content (AvgIpc) is 3.33. The number of carbonyl (C=O) groups excluding carboxylic acids is 2. The van der Waals surface area contributed by atoms with Crippen LogP contribution in [0.2, 0.25) is 0 Å². The van der Waals surface area contributed by atoms with Crippen LogP contribution in [0.15, 0.2) is 53.9 Å². The molecule has 0 bridgehead atoms. The van der Waals surface area contributed by atoms with Crippen molar-refractivity contribution in [3.8, 4) is 0 Å². The van der Waals surface area contributed by atoms with Crippen LogP contribution in [0.4, 0.5) is 10.1 Å². The maximum Gasteiger partial charge on any atom is 0.232 e. The van der Waals surface area contributed by atoms with Crippen molar-refractivity contribution in [1.82, 2.24) is 9.88 Å². The van der Waals surface area contributed by atoms with Crippen molar-refractivity contribution in [2.24, 2.45) is 5.92 Å². The number of likely N-dealkylation sites (tertiary alicyclic amines) is 1. The van der Waals surface area contributed by atoms with Gasteiger partial charge >= 0.3 is 0 Å². The highest BCUT2D eigenvalue weighted by atomic mass is 32.1. The first kappa shape index (κ1) is 21.2. The summed E-state index contributed by atoms with van der Waals surface area (Å²) in [6, 6.07) is 13.9. The minimum absolute atomic E-state index is 0.0255. The number of aryl methyl sites for hydroxylation is 2. The lowest BCUT2D eigenvalue weighted by atomic mass is 10.1. The maximum absolute atomic E-state index is 13.5. The van der Waals surface area contributed by atoms with Gasteiger partial charge < -0.3 is 9.80 Å². The number of carbonyl (C=O) groups is 2. The first-order chi connectivity index (χ1) is 14.9. The number of aromatic nitrogens is 1. The molecule has 160 valence electrons. The van der Waals surface area contributed by atoms with E-state index in [2.05, 4.69) is 4.98 Å². The summed E-state index contributed by atoms with van der Waals surface area (Å²) < 4.78 is 13.5. The van der Waals surface area contributed by atoms with E-state index in [0.29, 0.717) is 18.8 Å². The normalized spacial score (nSPS) is 16.0. The summed E-state index contributed by atoms with van der Waals surface area (Å²) in [4.78, 5) is 33.9. The van der Waals surface area contributed by atoms with Crippen LogP contribution in [0.3, 0.4) is 0 Å². The molecule has 1 fully saturated rings. The Morgan fingerprint density at radius 3 is 2.52 bits per heavy atom. The van der Waals surface area contributed by atoms with Crippen molar-refractivity contribution < 1.29 is 14.0 Å². The number of thiazole rings is 1. The second-order valence-corrected chi connectivity index (χ2v) is 8.98. The molecule has 1 aliphatic heterocycles.